The van der Waals surface area contributed by atoms with Crippen molar-refractivity contribution in [1.82, 2.24) is 5.32 Å². The Morgan fingerprint density at radius 1 is 0.767 bits per heavy atom. The summed E-state index contributed by atoms with van der Waals surface area (Å²) < 4.78 is 11.4. The van der Waals surface area contributed by atoms with Crippen molar-refractivity contribution in [2.24, 2.45) is 5.92 Å². The standard InChI is InChI=1S/C26H27NO3/c1-18(2)25(21-13-14-22-23(17-21)30-16-15-29-22)27-26(28)24(19-9-5-3-6-10-19)20-11-7-4-8-12-20/h3-14,17-18,24-25H,15-16H2,1-2H3,(H,27,28)/t25-/m0/s1. The van der Waals surface area contributed by atoms with Gasteiger partial charge < -0.3 is 14.8 Å². The Morgan fingerprint density at radius 3 is 1.90 bits per heavy atom. The molecule has 0 spiro atoms. The van der Waals surface area contributed by atoms with Crippen LogP contribution in [0.3, 0.4) is 0 Å². The monoisotopic (exact) mass is 401 g/mol. The van der Waals surface area contributed by atoms with Crippen molar-refractivity contribution in [3.63, 3.8) is 0 Å². The van der Waals surface area contributed by atoms with Gasteiger partial charge in [-0.05, 0) is 34.7 Å². The number of amides is 1. The molecule has 0 saturated carbocycles. The topological polar surface area (TPSA) is 47.6 Å². The number of nitrogens with one attached hydrogen (secondary N) is 1. The maximum absolute atomic E-state index is 13.6. The molecule has 1 heterocycles. The lowest BCUT2D eigenvalue weighted by Gasteiger charge is -2.27. The SMILES string of the molecule is CC(C)[C@H](NC(=O)C(c1ccccc1)c1ccccc1)c1ccc2c(c1)OCCO2. The molecule has 4 heteroatoms. The van der Waals surface area contributed by atoms with Crippen molar-refractivity contribution in [2.45, 2.75) is 25.8 Å². The normalized spacial score (nSPS) is 13.9. The van der Waals surface area contributed by atoms with Crippen LogP contribution >= 0.6 is 0 Å². The van der Waals surface area contributed by atoms with Gasteiger partial charge in [0, 0.05) is 0 Å². The lowest BCUT2D eigenvalue weighted by atomic mass is 9.89. The number of fused-ring (bicyclic) bond motifs is 1. The van der Waals surface area contributed by atoms with Gasteiger partial charge in [0.2, 0.25) is 5.91 Å². The van der Waals surface area contributed by atoms with E-state index in [0.29, 0.717) is 13.2 Å². The summed E-state index contributed by atoms with van der Waals surface area (Å²) in [4.78, 5) is 13.6. The first kappa shape index (κ1) is 20.0. The van der Waals surface area contributed by atoms with Crippen molar-refractivity contribution in [3.8, 4) is 11.5 Å². The zero-order valence-electron chi connectivity index (χ0n) is 17.4. The van der Waals surface area contributed by atoms with Gasteiger partial charge in [-0.1, -0.05) is 80.6 Å². The fourth-order valence-corrected chi connectivity index (χ4v) is 3.91. The number of hydrogen-bond acceptors (Lipinski definition) is 3. The molecule has 0 saturated heterocycles. The highest BCUT2D eigenvalue weighted by molar-refractivity contribution is 5.87. The van der Waals surface area contributed by atoms with Gasteiger partial charge in [0.25, 0.3) is 0 Å². The fourth-order valence-electron chi connectivity index (χ4n) is 3.91. The van der Waals surface area contributed by atoms with Crippen molar-refractivity contribution in [1.29, 1.82) is 0 Å². The van der Waals surface area contributed by atoms with Crippen molar-refractivity contribution >= 4 is 5.91 Å². The van der Waals surface area contributed by atoms with Gasteiger partial charge in [0.1, 0.15) is 13.2 Å². The first-order valence-electron chi connectivity index (χ1n) is 10.4. The van der Waals surface area contributed by atoms with Gasteiger partial charge in [-0.2, -0.15) is 0 Å². The van der Waals surface area contributed by atoms with E-state index in [2.05, 4.69) is 19.2 Å². The summed E-state index contributed by atoms with van der Waals surface area (Å²) in [6, 6.07) is 25.6. The van der Waals surface area contributed by atoms with Crippen LogP contribution in [0.25, 0.3) is 0 Å². The summed E-state index contributed by atoms with van der Waals surface area (Å²) >= 11 is 0. The molecular formula is C26H27NO3. The van der Waals surface area contributed by atoms with Gasteiger partial charge in [-0.25, -0.2) is 0 Å². The Hall–Kier alpha value is -3.27. The van der Waals surface area contributed by atoms with Crippen molar-refractivity contribution in [2.75, 3.05) is 13.2 Å². The molecule has 1 amide bonds. The summed E-state index contributed by atoms with van der Waals surface area (Å²) in [5.74, 6) is 1.32. The van der Waals surface area contributed by atoms with Gasteiger partial charge in [-0.15, -0.1) is 0 Å². The molecule has 0 radical (unpaired) electrons. The van der Waals surface area contributed by atoms with E-state index in [1.807, 2.05) is 78.9 Å². The molecule has 154 valence electrons. The minimum absolute atomic E-state index is 0.0130. The maximum atomic E-state index is 13.6. The fraction of sp³-hybridized carbons (Fsp3) is 0.269. The highest BCUT2D eigenvalue weighted by atomic mass is 16.6. The Balaban J connectivity index is 1.64. The van der Waals surface area contributed by atoms with Crippen LogP contribution < -0.4 is 14.8 Å². The summed E-state index contributed by atoms with van der Waals surface area (Å²) in [7, 11) is 0. The molecule has 4 nitrogen and oxygen atoms in total. The van der Waals surface area contributed by atoms with Crippen LogP contribution in [-0.2, 0) is 4.79 Å². The predicted molar refractivity (Wildman–Crippen MR) is 118 cm³/mol. The van der Waals surface area contributed by atoms with Gasteiger partial charge >= 0.3 is 0 Å². The van der Waals surface area contributed by atoms with Crippen LogP contribution in [0.1, 0.15) is 42.5 Å². The van der Waals surface area contributed by atoms with Crippen molar-refractivity contribution in [3.05, 3.63) is 95.6 Å². The van der Waals surface area contributed by atoms with Crippen LogP contribution in [0.15, 0.2) is 78.9 Å². The minimum Gasteiger partial charge on any atom is -0.486 e. The smallest absolute Gasteiger partial charge is 0.232 e. The zero-order chi connectivity index (χ0) is 20.9. The number of carbonyl (C=O) groups is 1. The Bertz CT molecular complexity index is 946. The Kier molecular flexibility index (Phi) is 6.03. The minimum atomic E-state index is -0.370. The van der Waals surface area contributed by atoms with E-state index in [1.54, 1.807) is 0 Å². The summed E-state index contributed by atoms with van der Waals surface area (Å²) in [6.45, 7) is 5.33. The molecular weight excluding hydrogens is 374 g/mol. The third-order valence-electron chi connectivity index (χ3n) is 5.42. The zero-order valence-corrected chi connectivity index (χ0v) is 17.4. The van der Waals surface area contributed by atoms with E-state index in [1.165, 1.54) is 0 Å². The molecule has 3 aromatic rings. The second kappa shape index (κ2) is 9.04. The molecule has 0 bridgehead atoms. The summed E-state index contributed by atoms with van der Waals surface area (Å²) in [6.07, 6.45) is 0. The average Bonchev–Trinajstić information content (AvgIpc) is 2.78. The molecule has 0 unspecified atom stereocenters. The lowest BCUT2D eigenvalue weighted by Crippen LogP contribution is -2.36. The van der Waals surface area contributed by atoms with E-state index in [9.17, 15) is 4.79 Å². The third-order valence-corrected chi connectivity index (χ3v) is 5.42. The van der Waals surface area contributed by atoms with E-state index >= 15 is 0 Å². The van der Waals surface area contributed by atoms with E-state index in [4.69, 9.17) is 9.47 Å². The number of ether oxygens (including phenoxy) is 2. The first-order valence-corrected chi connectivity index (χ1v) is 10.4. The van der Waals surface area contributed by atoms with Crippen LogP contribution in [0, 0.1) is 5.92 Å². The second-order valence-corrected chi connectivity index (χ2v) is 7.89. The van der Waals surface area contributed by atoms with Crippen molar-refractivity contribution < 1.29 is 14.3 Å². The predicted octanol–water partition coefficient (Wildman–Crippen LogP) is 5.10. The van der Waals surface area contributed by atoms with Crippen LogP contribution in [-0.4, -0.2) is 19.1 Å². The van der Waals surface area contributed by atoms with E-state index in [-0.39, 0.29) is 23.8 Å². The number of benzene rings is 3. The molecule has 0 fully saturated rings. The molecule has 1 N–H and O–H groups in total. The maximum Gasteiger partial charge on any atom is 0.232 e. The largest absolute Gasteiger partial charge is 0.486 e. The van der Waals surface area contributed by atoms with Crippen LogP contribution in [0.4, 0.5) is 0 Å². The second-order valence-electron chi connectivity index (χ2n) is 7.89. The number of hydrogen-bond donors (Lipinski definition) is 1. The average molecular weight is 402 g/mol. The highest BCUT2D eigenvalue weighted by Crippen LogP contribution is 2.35. The van der Waals surface area contributed by atoms with Crippen LogP contribution in [0.5, 0.6) is 11.5 Å². The van der Waals surface area contributed by atoms with Crippen LogP contribution in [0.2, 0.25) is 0 Å². The quantitative estimate of drug-likeness (QED) is 0.625. The van der Waals surface area contributed by atoms with E-state index < -0.39 is 0 Å². The van der Waals surface area contributed by atoms with Gasteiger partial charge in [0.15, 0.2) is 11.5 Å². The summed E-state index contributed by atoms with van der Waals surface area (Å²) in [5, 5.41) is 3.30. The Labute approximate surface area is 177 Å². The molecule has 1 aliphatic rings. The highest BCUT2D eigenvalue weighted by Gasteiger charge is 2.27. The Morgan fingerprint density at radius 2 is 1.33 bits per heavy atom. The third kappa shape index (κ3) is 4.33. The number of rotatable bonds is 6. The number of carbonyl (C=O) groups excluding carboxylic acids is 1. The first-order chi connectivity index (χ1) is 14.6. The lowest BCUT2D eigenvalue weighted by molar-refractivity contribution is -0.122. The molecule has 1 atom stereocenters. The molecule has 0 aromatic heterocycles. The van der Waals surface area contributed by atoms with Gasteiger partial charge in [-0.3, -0.25) is 4.79 Å². The van der Waals surface area contributed by atoms with E-state index in [0.717, 1.165) is 28.2 Å². The van der Waals surface area contributed by atoms with Gasteiger partial charge in [0.05, 0.1) is 12.0 Å². The molecule has 4 rings (SSSR count). The molecule has 0 aliphatic carbocycles. The molecule has 30 heavy (non-hydrogen) atoms. The molecule has 1 aliphatic heterocycles. The summed E-state index contributed by atoms with van der Waals surface area (Å²) in [5.41, 5.74) is 2.97. The molecule has 3 aromatic carbocycles.